The molecule has 0 saturated heterocycles. The Morgan fingerprint density at radius 3 is 2.53 bits per heavy atom. The Balaban J connectivity index is 1.68. The minimum atomic E-state index is -0.820. The van der Waals surface area contributed by atoms with Crippen LogP contribution < -0.4 is 4.90 Å². The number of thiazole rings is 1. The summed E-state index contributed by atoms with van der Waals surface area (Å²) in [4.78, 5) is 40.7. The number of anilines is 1. The number of rotatable bonds is 4. The average Bonchev–Trinajstić information content (AvgIpc) is 3.41. The van der Waals surface area contributed by atoms with Gasteiger partial charge in [0.25, 0.3) is 5.91 Å². The van der Waals surface area contributed by atoms with Gasteiger partial charge in [-0.3, -0.25) is 14.5 Å². The number of imidazole rings is 1. The number of aliphatic hydroxyl groups excluding tert-OH is 1. The van der Waals surface area contributed by atoms with Gasteiger partial charge in [-0.2, -0.15) is 0 Å². The third-order valence-corrected chi connectivity index (χ3v) is 6.60. The number of aliphatic hydroxyl groups is 1. The summed E-state index contributed by atoms with van der Waals surface area (Å²) >= 11 is 1.25. The first-order valence-corrected chi connectivity index (χ1v) is 10.9. The number of nitrogens with one attached hydrogen (secondary N) is 1. The molecule has 4 aromatic rings. The molecule has 160 valence electrons. The van der Waals surface area contributed by atoms with E-state index in [-0.39, 0.29) is 11.5 Å². The molecule has 1 aliphatic rings. The zero-order valence-corrected chi connectivity index (χ0v) is 18.5. The Morgan fingerprint density at radius 1 is 1.09 bits per heavy atom. The Kier molecular flexibility index (Phi) is 4.67. The number of benzene rings is 2. The highest BCUT2D eigenvalue weighted by Crippen LogP contribution is 2.42. The van der Waals surface area contributed by atoms with Crippen molar-refractivity contribution >= 4 is 40.0 Å². The topological polar surface area (TPSA) is 99.2 Å². The number of nitrogens with zero attached hydrogens (tertiary/aromatic N) is 3. The van der Waals surface area contributed by atoms with Crippen molar-refractivity contribution in [2.75, 3.05) is 4.90 Å². The number of aryl methyl sites for hydroxylation is 3. The van der Waals surface area contributed by atoms with Gasteiger partial charge >= 0.3 is 0 Å². The molecule has 32 heavy (non-hydrogen) atoms. The lowest BCUT2D eigenvalue weighted by Gasteiger charge is -2.24. The van der Waals surface area contributed by atoms with E-state index >= 15 is 0 Å². The van der Waals surface area contributed by atoms with Gasteiger partial charge in [0.15, 0.2) is 5.76 Å². The third-order valence-electron chi connectivity index (χ3n) is 5.53. The van der Waals surface area contributed by atoms with Crippen LogP contribution >= 0.6 is 11.3 Å². The van der Waals surface area contributed by atoms with E-state index in [1.54, 1.807) is 6.92 Å². The molecule has 0 bridgehead atoms. The SMILES string of the molecule is Cc1ccc2nc(N3C(=O)C(O)=C(C(=O)c4sc(C)nc4C)C3c3ccccc3)[nH]c2c1. The van der Waals surface area contributed by atoms with E-state index in [1.165, 1.54) is 16.2 Å². The molecule has 0 spiro atoms. The molecule has 1 atom stereocenters. The summed E-state index contributed by atoms with van der Waals surface area (Å²) in [5.41, 5.74) is 3.82. The summed E-state index contributed by atoms with van der Waals surface area (Å²) in [6.45, 7) is 5.54. The van der Waals surface area contributed by atoms with Gasteiger partial charge in [-0.05, 0) is 44.0 Å². The fourth-order valence-corrected chi connectivity index (χ4v) is 4.97. The highest BCUT2D eigenvalue weighted by atomic mass is 32.1. The van der Waals surface area contributed by atoms with Crippen LogP contribution in [0.5, 0.6) is 0 Å². The molecule has 0 saturated carbocycles. The van der Waals surface area contributed by atoms with Gasteiger partial charge in [0.2, 0.25) is 11.7 Å². The fraction of sp³-hybridized carbons (Fsp3) is 0.167. The van der Waals surface area contributed by atoms with Crippen LogP contribution in [-0.4, -0.2) is 31.7 Å². The van der Waals surface area contributed by atoms with Gasteiger partial charge in [0.1, 0.15) is 0 Å². The Labute approximate surface area is 188 Å². The molecule has 0 aliphatic carbocycles. The molecule has 1 aliphatic heterocycles. The molecule has 2 aromatic heterocycles. The highest BCUT2D eigenvalue weighted by Gasteiger charge is 2.46. The maximum Gasteiger partial charge on any atom is 0.296 e. The maximum absolute atomic E-state index is 13.6. The van der Waals surface area contributed by atoms with Gasteiger partial charge in [-0.25, -0.2) is 9.97 Å². The molecule has 7 nitrogen and oxygen atoms in total. The van der Waals surface area contributed by atoms with Crippen molar-refractivity contribution < 1.29 is 14.7 Å². The van der Waals surface area contributed by atoms with Crippen LogP contribution in [0.3, 0.4) is 0 Å². The summed E-state index contributed by atoms with van der Waals surface area (Å²) in [7, 11) is 0. The van der Waals surface area contributed by atoms with Gasteiger partial charge in [-0.1, -0.05) is 36.4 Å². The van der Waals surface area contributed by atoms with Crippen LogP contribution in [0.1, 0.15) is 37.5 Å². The van der Waals surface area contributed by atoms with Crippen LogP contribution in [0.15, 0.2) is 59.9 Å². The molecule has 1 unspecified atom stereocenters. The van der Waals surface area contributed by atoms with E-state index in [9.17, 15) is 14.7 Å². The molecule has 8 heteroatoms. The second-order valence-corrected chi connectivity index (χ2v) is 9.01. The van der Waals surface area contributed by atoms with E-state index < -0.39 is 23.5 Å². The normalized spacial score (nSPS) is 16.4. The lowest BCUT2D eigenvalue weighted by molar-refractivity contribution is -0.117. The van der Waals surface area contributed by atoms with Gasteiger partial charge in [0.05, 0.1) is 38.2 Å². The van der Waals surface area contributed by atoms with Crippen LogP contribution in [0, 0.1) is 20.8 Å². The first kappa shape index (κ1) is 20.1. The predicted octanol–water partition coefficient (Wildman–Crippen LogP) is 4.73. The number of Topliss-reactive ketones (excluding diaryl/α,β-unsaturated/α-hetero) is 1. The summed E-state index contributed by atoms with van der Waals surface area (Å²) in [5.74, 6) is -1.36. The summed E-state index contributed by atoms with van der Waals surface area (Å²) in [6.07, 6.45) is 0. The van der Waals surface area contributed by atoms with Crippen molar-refractivity contribution in [1.82, 2.24) is 15.0 Å². The second-order valence-electron chi connectivity index (χ2n) is 7.81. The molecule has 2 aromatic carbocycles. The molecule has 0 fully saturated rings. The number of aromatic nitrogens is 3. The molecule has 5 rings (SSSR count). The number of carbonyl (C=O) groups is 2. The lowest BCUT2D eigenvalue weighted by Crippen LogP contribution is -2.32. The first-order valence-electron chi connectivity index (χ1n) is 10.1. The maximum atomic E-state index is 13.6. The molecular weight excluding hydrogens is 424 g/mol. The third kappa shape index (κ3) is 3.11. The molecule has 1 amide bonds. The number of fused-ring (bicyclic) bond motifs is 1. The Hall–Kier alpha value is -3.78. The Morgan fingerprint density at radius 2 is 1.84 bits per heavy atom. The van der Waals surface area contributed by atoms with Crippen molar-refractivity contribution in [3.05, 3.63) is 86.6 Å². The number of carbonyl (C=O) groups excluding carboxylic acids is 2. The number of aromatic amines is 1. The van der Waals surface area contributed by atoms with Crippen LogP contribution in [0.25, 0.3) is 11.0 Å². The smallest absolute Gasteiger partial charge is 0.296 e. The average molecular weight is 445 g/mol. The van der Waals surface area contributed by atoms with Crippen LogP contribution in [-0.2, 0) is 4.79 Å². The minimum absolute atomic E-state index is 0.0320. The number of hydrogen-bond donors (Lipinski definition) is 2. The van der Waals surface area contributed by atoms with Crippen molar-refractivity contribution in [1.29, 1.82) is 0 Å². The van der Waals surface area contributed by atoms with E-state index in [0.29, 0.717) is 21.7 Å². The zero-order chi connectivity index (χ0) is 22.6. The van der Waals surface area contributed by atoms with Gasteiger partial charge < -0.3 is 10.1 Å². The molecular formula is C24H20N4O3S. The largest absolute Gasteiger partial charge is 0.503 e. The zero-order valence-electron chi connectivity index (χ0n) is 17.7. The quantitative estimate of drug-likeness (QED) is 0.444. The Bertz CT molecular complexity index is 1420. The van der Waals surface area contributed by atoms with Crippen molar-refractivity contribution in [2.24, 2.45) is 0 Å². The van der Waals surface area contributed by atoms with E-state index in [2.05, 4.69) is 15.0 Å². The van der Waals surface area contributed by atoms with E-state index in [0.717, 1.165) is 16.1 Å². The monoisotopic (exact) mass is 444 g/mol. The summed E-state index contributed by atoms with van der Waals surface area (Å²) < 4.78 is 0. The van der Waals surface area contributed by atoms with Crippen LogP contribution in [0.2, 0.25) is 0 Å². The van der Waals surface area contributed by atoms with Crippen molar-refractivity contribution in [2.45, 2.75) is 26.8 Å². The van der Waals surface area contributed by atoms with Gasteiger partial charge in [0, 0.05) is 0 Å². The molecule has 3 heterocycles. The summed E-state index contributed by atoms with van der Waals surface area (Å²) in [5, 5.41) is 11.6. The first-order chi connectivity index (χ1) is 15.3. The number of H-pyrrole nitrogens is 1. The lowest BCUT2D eigenvalue weighted by atomic mass is 9.95. The highest BCUT2D eigenvalue weighted by molar-refractivity contribution is 7.14. The predicted molar refractivity (Wildman–Crippen MR) is 123 cm³/mol. The van der Waals surface area contributed by atoms with E-state index in [4.69, 9.17) is 0 Å². The second kappa shape index (κ2) is 7.42. The number of amides is 1. The summed E-state index contributed by atoms with van der Waals surface area (Å²) in [6, 6.07) is 14.1. The minimum Gasteiger partial charge on any atom is -0.503 e. The standard InChI is InChI=1S/C24H20N4O3S/c1-12-9-10-16-17(11-12)27-24(26-16)28-19(15-7-5-4-6-8-15)18(21(30)23(28)31)20(29)22-13(2)25-14(3)32-22/h4-11,19,30H,1-3H3,(H,26,27). The van der Waals surface area contributed by atoms with E-state index in [1.807, 2.05) is 62.4 Å². The number of ketones is 1. The van der Waals surface area contributed by atoms with Gasteiger partial charge in [-0.15, -0.1) is 11.3 Å². The molecule has 0 radical (unpaired) electrons. The van der Waals surface area contributed by atoms with Crippen molar-refractivity contribution in [3.63, 3.8) is 0 Å². The van der Waals surface area contributed by atoms with Crippen LogP contribution in [0.4, 0.5) is 5.95 Å². The molecule has 2 N–H and O–H groups in total. The van der Waals surface area contributed by atoms with Crippen molar-refractivity contribution in [3.8, 4) is 0 Å². The number of hydrogen-bond acceptors (Lipinski definition) is 6. The fourth-order valence-electron chi connectivity index (χ4n) is 4.09.